The van der Waals surface area contributed by atoms with Crippen molar-refractivity contribution in [2.24, 2.45) is 0 Å². The minimum atomic E-state index is -4.73. The normalized spacial score (nSPS) is 14.8. The van der Waals surface area contributed by atoms with Crippen molar-refractivity contribution in [3.05, 3.63) is 47.3 Å². The van der Waals surface area contributed by atoms with Crippen LogP contribution in [0.4, 0.5) is 13.2 Å². The van der Waals surface area contributed by atoms with Gasteiger partial charge in [-0.15, -0.1) is 0 Å². The molecular weight excluding hydrogens is 425 g/mol. The van der Waals surface area contributed by atoms with E-state index in [4.69, 9.17) is 4.74 Å². The number of halogens is 3. The Hall–Kier alpha value is -3.04. The van der Waals surface area contributed by atoms with Crippen molar-refractivity contribution in [3.8, 4) is 5.75 Å². The standard InChI is InChI=1S/C22H27F3N4O3/c1-2-32-17-10-8-15(9-11-17)20(30)26-12-13-27-21(31)18-14-29(16-6-4-3-5-7-16)28-19(18)22(23,24)25/h8-11,14,16H,2-7,12-13H2,1H3,(H,26,30)(H,27,31). The van der Waals surface area contributed by atoms with Gasteiger partial charge in [-0.3, -0.25) is 14.3 Å². The molecule has 3 rings (SSSR count). The highest BCUT2D eigenvalue weighted by Gasteiger charge is 2.39. The molecule has 0 atom stereocenters. The van der Waals surface area contributed by atoms with Gasteiger partial charge in [0.15, 0.2) is 5.69 Å². The predicted molar refractivity (Wildman–Crippen MR) is 112 cm³/mol. The minimum absolute atomic E-state index is 0.0203. The van der Waals surface area contributed by atoms with E-state index in [-0.39, 0.29) is 25.0 Å². The molecule has 7 nitrogen and oxygen atoms in total. The Morgan fingerprint density at radius 2 is 1.69 bits per heavy atom. The van der Waals surface area contributed by atoms with E-state index in [0.29, 0.717) is 17.9 Å². The number of rotatable bonds is 8. The van der Waals surface area contributed by atoms with E-state index in [1.54, 1.807) is 24.3 Å². The van der Waals surface area contributed by atoms with Gasteiger partial charge in [0.2, 0.25) is 0 Å². The van der Waals surface area contributed by atoms with E-state index in [9.17, 15) is 22.8 Å². The number of carbonyl (C=O) groups is 2. The fourth-order valence-electron chi connectivity index (χ4n) is 3.72. The summed E-state index contributed by atoms with van der Waals surface area (Å²) in [5.41, 5.74) is -1.27. The Bertz CT molecular complexity index is 919. The monoisotopic (exact) mass is 452 g/mol. The zero-order chi connectivity index (χ0) is 23.1. The van der Waals surface area contributed by atoms with Crippen molar-refractivity contribution < 1.29 is 27.5 Å². The van der Waals surface area contributed by atoms with Crippen LogP contribution in [0.1, 0.15) is 71.5 Å². The molecule has 1 fully saturated rings. The molecule has 2 aromatic rings. The summed E-state index contributed by atoms with van der Waals surface area (Å²) in [5.74, 6) is -0.580. The minimum Gasteiger partial charge on any atom is -0.494 e. The topological polar surface area (TPSA) is 85.3 Å². The summed E-state index contributed by atoms with van der Waals surface area (Å²) in [6.45, 7) is 2.41. The highest BCUT2D eigenvalue weighted by atomic mass is 19.4. The third kappa shape index (κ3) is 6.02. The van der Waals surface area contributed by atoms with Crippen LogP contribution in [0, 0.1) is 0 Å². The predicted octanol–water partition coefficient (Wildman–Crippen LogP) is 3.97. The average molecular weight is 452 g/mol. The molecule has 1 saturated carbocycles. The lowest BCUT2D eigenvalue weighted by Crippen LogP contribution is -2.35. The van der Waals surface area contributed by atoms with Crippen LogP contribution in [0.25, 0.3) is 0 Å². The third-order valence-corrected chi connectivity index (χ3v) is 5.32. The Labute approximate surface area is 184 Å². The van der Waals surface area contributed by atoms with E-state index in [1.165, 1.54) is 10.9 Å². The first kappa shape index (κ1) is 23.6. The molecule has 2 N–H and O–H groups in total. The van der Waals surface area contributed by atoms with Crippen LogP contribution in [-0.4, -0.2) is 41.3 Å². The van der Waals surface area contributed by atoms with Gasteiger partial charge in [-0.1, -0.05) is 19.3 Å². The second-order valence-corrected chi connectivity index (χ2v) is 7.63. The van der Waals surface area contributed by atoms with Crippen molar-refractivity contribution in [1.82, 2.24) is 20.4 Å². The summed E-state index contributed by atoms with van der Waals surface area (Å²) in [7, 11) is 0. The number of nitrogens with one attached hydrogen (secondary N) is 2. The molecule has 32 heavy (non-hydrogen) atoms. The molecule has 1 aromatic heterocycles. The van der Waals surface area contributed by atoms with Crippen molar-refractivity contribution in [2.45, 2.75) is 51.2 Å². The molecule has 0 bridgehead atoms. The van der Waals surface area contributed by atoms with Crippen molar-refractivity contribution >= 4 is 11.8 Å². The fraction of sp³-hybridized carbons (Fsp3) is 0.500. The van der Waals surface area contributed by atoms with E-state index >= 15 is 0 Å². The number of alkyl halides is 3. The molecule has 0 saturated heterocycles. The molecule has 174 valence electrons. The van der Waals surface area contributed by atoms with Crippen LogP contribution in [0.3, 0.4) is 0 Å². The molecule has 2 amide bonds. The molecule has 1 aliphatic rings. The van der Waals surface area contributed by atoms with Gasteiger partial charge in [-0.25, -0.2) is 0 Å². The molecule has 1 heterocycles. The highest BCUT2D eigenvalue weighted by molar-refractivity contribution is 5.96. The maximum absolute atomic E-state index is 13.4. The largest absolute Gasteiger partial charge is 0.494 e. The van der Waals surface area contributed by atoms with E-state index in [0.717, 1.165) is 32.1 Å². The van der Waals surface area contributed by atoms with Crippen LogP contribution in [0.2, 0.25) is 0 Å². The van der Waals surface area contributed by atoms with Crippen LogP contribution in [0.5, 0.6) is 5.75 Å². The van der Waals surface area contributed by atoms with E-state index < -0.39 is 23.3 Å². The lowest BCUT2D eigenvalue weighted by atomic mass is 9.96. The van der Waals surface area contributed by atoms with Gasteiger partial charge in [0.1, 0.15) is 5.75 Å². The van der Waals surface area contributed by atoms with Gasteiger partial charge in [0.25, 0.3) is 11.8 Å². The fourth-order valence-corrected chi connectivity index (χ4v) is 3.72. The first-order valence-corrected chi connectivity index (χ1v) is 10.7. The van der Waals surface area contributed by atoms with Gasteiger partial charge in [-0.05, 0) is 44.0 Å². The van der Waals surface area contributed by atoms with Crippen molar-refractivity contribution in [3.63, 3.8) is 0 Å². The number of ether oxygens (including phenoxy) is 1. The van der Waals surface area contributed by atoms with Gasteiger partial charge < -0.3 is 15.4 Å². The lowest BCUT2D eigenvalue weighted by molar-refractivity contribution is -0.141. The van der Waals surface area contributed by atoms with Gasteiger partial charge in [0.05, 0.1) is 18.2 Å². The number of hydrogen-bond donors (Lipinski definition) is 2. The number of carbonyl (C=O) groups excluding carboxylic acids is 2. The van der Waals surface area contributed by atoms with E-state index in [2.05, 4.69) is 15.7 Å². The molecular formula is C22H27F3N4O3. The second-order valence-electron chi connectivity index (χ2n) is 7.63. The lowest BCUT2D eigenvalue weighted by Gasteiger charge is -2.21. The zero-order valence-corrected chi connectivity index (χ0v) is 17.9. The van der Waals surface area contributed by atoms with Gasteiger partial charge in [-0.2, -0.15) is 18.3 Å². The van der Waals surface area contributed by atoms with Gasteiger partial charge >= 0.3 is 6.18 Å². The zero-order valence-electron chi connectivity index (χ0n) is 17.9. The van der Waals surface area contributed by atoms with Crippen LogP contribution < -0.4 is 15.4 Å². The third-order valence-electron chi connectivity index (χ3n) is 5.32. The number of nitrogens with zero attached hydrogens (tertiary/aromatic N) is 2. The average Bonchev–Trinajstić information content (AvgIpc) is 3.24. The maximum Gasteiger partial charge on any atom is 0.435 e. The summed E-state index contributed by atoms with van der Waals surface area (Å²) < 4.78 is 46.9. The summed E-state index contributed by atoms with van der Waals surface area (Å²) in [5, 5.41) is 8.75. The quantitative estimate of drug-likeness (QED) is 0.594. The molecule has 0 aliphatic heterocycles. The summed E-state index contributed by atoms with van der Waals surface area (Å²) in [6.07, 6.45) is 0.874. The number of benzene rings is 1. The van der Waals surface area contributed by atoms with Crippen LogP contribution in [0.15, 0.2) is 30.5 Å². The molecule has 0 spiro atoms. The van der Waals surface area contributed by atoms with Gasteiger partial charge in [0, 0.05) is 24.8 Å². The number of aromatic nitrogens is 2. The maximum atomic E-state index is 13.4. The Kier molecular flexibility index (Phi) is 7.76. The highest BCUT2D eigenvalue weighted by Crippen LogP contribution is 2.34. The van der Waals surface area contributed by atoms with E-state index in [1.807, 2.05) is 6.92 Å². The molecule has 0 radical (unpaired) electrons. The van der Waals surface area contributed by atoms with Crippen LogP contribution >= 0.6 is 0 Å². The first-order valence-electron chi connectivity index (χ1n) is 10.7. The summed E-state index contributed by atoms with van der Waals surface area (Å²) >= 11 is 0. The van der Waals surface area contributed by atoms with Crippen molar-refractivity contribution in [1.29, 1.82) is 0 Å². The van der Waals surface area contributed by atoms with Crippen molar-refractivity contribution in [2.75, 3.05) is 19.7 Å². The molecule has 0 unspecified atom stereocenters. The Morgan fingerprint density at radius 1 is 1.06 bits per heavy atom. The SMILES string of the molecule is CCOc1ccc(C(=O)NCCNC(=O)c2cn(C3CCCCC3)nc2C(F)(F)F)cc1. The molecule has 1 aromatic carbocycles. The number of amides is 2. The summed E-state index contributed by atoms with van der Waals surface area (Å²) in [6, 6.07) is 6.42. The Morgan fingerprint density at radius 3 is 2.28 bits per heavy atom. The molecule has 10 heteroatoms. The summed E-state index contributed by atoms with van der Waals surface area (Å²) in [4.78, 5) is 24.6. The number of hydrogen-bond acceptors (Lipinski definition) is 4. The molecule has 1 aliphatic carbocycles. The van der Waals surface area contributed by atoms with Crippen LogP contribution in [-0.2, 0) is 6.18 Å². The first-order chi connectivity index (χ1) is 15.3. The second kappa shape index (κ2) is 10.5. The smallest absolute Gasteiger partial charge is 0.435 e. The Balaban J connectivity index is 1.56.